The van der Waals surface area contributed by atoms with E-state index >= 15 is 0 Å². The SMILES string of the molecule is NC(N)=S.O.[Cu]. The molecule has 6 heavy (non-hydrogen) atoms. The summed E-state index contributed by atoms with van der Waals surface area (Å²) in [5, 5.41) is 0.000000000000000222. The Bertz CT molecular complexity index is 36.5. The molecule has 0 aromatic carbocycles. The summed E-state index contributed by atoms with van der Waals surface area (Å²) in [5.74, 6) is 0. The maximum absolute atomic E-state index is 4.62. The Morgan fingerprint density at radius 1 is 1.33 bits per heavy atom. The predicted octanol–water partition coefficient (Wildman–Crippen LogP) is -1.64. The summed E-state index contributed by atoms with van der Waals surface area (Å²) in [4.78, 5) is 0. The molecule has 0 heterocycles. The van der Waals surface area contributed by atoms with Gasteiger partial charge in [0.1, 0.15) is 0 Å². The fourth-order valence-corrected chi connectivity index (χ4v) is 0. The molecule has 43 valence electrons. The molecule has 1 radical (unpaired) electrons. The van der Waals surface area contributed by atoms with E-state index in [0.717, 1.165) is 0 Å². The number of hydrogen-bond donors (Lipinski definition) is 2. The molecule has 0 amide bonds. The molecule has 0 unspecified atom stereocenters. The Hall–Kier alpha value is 0.169. The molecule has 0 aliphatic carbocycles. The van der Waals surface area contributed by atoms with Crippen molar-refractivity contribution in [1.82, 2.24) is 0 Å². The largest absolute Gasteiger partial charge is 0.412 e. The van der Waals surface area contributed by atoms with E-state index in [4.69, 9.17) is 0 Å². The molecule has 0 aliphatic heterocycles. The van der Waals surface area contributed by atoms with Crippen LogP contribution >= 0.6 is 12.2 Å². The molecular formula is CH6CuN2OS. The molecule has 0 atom stereocenters. The third-order valence-electron chi connectivity index (χ3n) is 0. The van der Waals surface area contributed by atoms with Gasteiger partial charge in [0.15, 0.2) is 5.11 Å². The van der Waals surface area contributed by atoms with Crippen LogP contribution in [0.5, 0.6) is 0 Å². The summed E-state index contributed by atoms with van der Waals surface area (Å²) >= 11 is 4.09. The second-order valence-electron chi connectivity index (χ2n) is 0.402. The van der Waals surface area contributed by atoms with E-state index in [1.54, 1.807) is 0 Å². The zero-order chi connectivity index (χ0) is 3.58. The number of rotatable bonds is 0. The van der Waals surface area contributed by atoms with Crippen molar-refractivity contribution in [3.63, 3.8) is 0 Å². The normalized spacial score (nSPS) is 4.00. The molecule has 0 spiro atoms. The minimum Gasteiger partial charge on any atom is -0.412 e. The molecule has 0 saturated carbocycles. The van der Waals surface area contributed by atoms with Gasteiger partial charge in [0.2, 0.25) is 0 Å². The molecule has 0 aromatic heterocycles. The molecule has 0 aromatic rings. The summed E-state index contributed by atoms with van der Waals surface area (Å²) in [7, 11) is 0. The van der Waals surface area contributed by atoms with Gasteiger partial charge in [-0.05, 0) is 12.2 Å². The molecular weight excluding hydrogens is 152 g/mol. The quantitative estimate of drug-likeness (QED) is 0.327. The van der Waals surface area contributed by atoms with Gasteiger partial charge in [-0.25, -0.2) is 0 Å². The Morgan fingerprint density at radius 2 is 1.33 bits per heavy atom. The van der Waals surface area contributed by atoms with Gasteiger partial charge in [0, 0.05) is 17.1 Å². The summed E-state index contributed by atoms with van der Waals surface area (Å²) < 4.78 is 0. The van der Waals surface area contributed by atoms with Crippen LogP contribution in [0.4, 0.5) is 0 Å². The van der Waals surface area contributed by atoms with Gasteiger partial charge in [-0.1, -0.05) is 0 Å². The number of nitrogens with two attached hydrogens (primary N) is 2. The van der Waals surface area contributed by atoms with E-state index in [1.165, 1.54) is 0 Å². The van der Waals surface area contributed by atoms with Crippen LogP contribution in [0.15, 0.2) is 0 Å². The second-order valence-corrected chi connectivity index (χ2v) is 0.874. The van der Waals surface area contributed by atoms with Crippen molar-refractivity contribution in [2.45, 2.75) is 0 Å². The van der Waals surface area contributed by atoms with E-state index in [-0.39, 0.29) is 27.7 Å². The van der Waals surface area contributed by atoms with E-state index in [1.807, 2.05) is 0 Å². The Morgan fingerprint density at radius 3 is 1.33 bits per heavy atom. The summed E-state index contributed by atoms with van der Waals surface area (Å²) in [6, 6.07) is 0. The summed E-state index contributed by atoms with van der Waals surface area (Å²) in [6.45, 7) is 0. The van der Waals surface area contributed by atoms with Crippen LogP contribution < -0.4 is 11.5 Å². The topological polar surface area (TPSA) is 83.5 Å². The smallest absolute Gasteiger partial charge is 0.160 e. The monoisotopic (exact) mass is 157 g/mol. The molecule has 6 N–H and O–H groups in total. The van der Waals surface area contributed by atoms with Gasteiger partial charge < -0.3 is 16.9 Å². The zero-order valence-electron chi connectivity index (χ0n) is 2.86. The Kier molecular flexibility index (Phi) is 24.5. The molecule has 0 fully saturated rings. The van der Waals surface area contributed by atoms with Crippen LogP contribution in [0.2, 0.25) is 0 Å². The molecule has 0 saturated heterocycles. The number of hydrogen-bond acceptors (Lipinski definition) is 1. The fraction of sp³-hybridized carbons (Fsp3) is 0. The van der Waals surface area contributed by atoms with E-state index in [9.17, 15) is 0 Å². The first-order valence-corrected chi connectivity index (χ1v) is 1.19. The van der Waals surface area contributed by atoms with Crippen molar-refractivity contribution in [3.8, 4) is 0 Å². The first kappa shape index (κ1) is 16.4. The van der Waals surface area contributed by atoms with Crippen LogP contribution in [-0.4, -0.2) is 10.6 Å². The van der Waals surface area contributed by atoms with Crippen molar-refractivity contribution < 1.29 is 22.5 Å². The predicted molar refractivity (Wildman–Crippen MR) is 24.6 cm³/mol. The minimum absolute atomic E-state index is 0. The Balaban J connectivity index is -0.0000000450. The van der Waals surface area contributed by atoms with Gasteiger partial charge in [-0.15, -0.1) is 0 Å². The molecule has 0 rings (SSSR count). The van der Waals surface area contributed by atoms with Gasteiger partial charge in [-0.3, -0.25) is 0 Å². The summed E-state index contributed by atoms with van der Waals surface area (Å²) in [6.07, 6.45) is 0. The Labute approximate surface area is 51.9 Å². The average Bonchev–Trinajstić information content (AvgIpc) is 0.811. The summed E-state index contributed by atoms with van der Waals surface area (Å²) in [5.41, 5.74) is 9.24. The van der Waals surface area contributed by atoms with E-state index in [2.05, 4.69) is 23.7 Å². The molecule has 0 bridgehead atoms. The van der Waals surface area contributed by atoms with E-state index in [0.29, 0.717) is 0 Å². The third-order valence-corrected chi connectivity index (χ3v) is 0. The van der Waals surface area contributed by atoms with Crippen LogP contribution in [0, 0.1) is 0 Å². The first-order valence-electron chi connectivity index (χ1n) is 0.781. The van der Waals surface area contributed by atoms with Crippen molar-refractivity contribution in [3.05, 3.63) is 0 Å². The van der Waals surface area contributed by atoms with Gasteiger partial charge >= 0.3 is 0 Å². The van der Waals surface area contributed by atoms with Gasteiger partial charge in [0.25, 0.3) is 0 Å². The molecule has 5 heteroatoms. The molecule has 0 aliphatic rings. The van der Waals surface area contributed by atoms with Crippen LogP contribution in [-0.2, 0) is 17.1 Å². The zero-order valence-corrected chi connectivity index (χ0v) is 4.62. The van der Waals surface area contributed by atoms with Crippen molar-refractivity contribution in [2.24, 2.45) is 11.5 Å². The van der Waals surface area contributed by atoms with Gasteiger partial charge in [-0.2, -0.15) is 0 Å². The van der Waals surface area contributed by atoms with Crippen molar-refractivity contribution >= 4 is 17.3 Å². The minimum atomic E-state index is 0. The maximum Gasteiger partial charge on any atom is 0.160 e. The number of thiocarbonyl (C=S) groups is 1. The van der Waals surface area contributed by atoms with E-state index < -0.39 is 0 Å². The standard InChI is InChI=1S/CH4N2S.Cu.H2O/c2-1(3)4;;/h(H4,2,3,4);;1H2. The van der Waals surface area contributed by atoms with Crippen LogP contribution in [0.1, 0.15) is 0 Å². The maximum atomic E-state index is 4.62. The average molecular weight is 158 g/mol. The second kappa shape index (κ2) is 8.95. The first-order chi connectivity index (χ1) is 1.73. The fourth-order valence-electron chi connectivity index (χ4n) is 0. The van der Waals surface area contributed by atoms with Crippen LogP contribution in [0.3, 0.4) is 0 Å². The third kappa shape index (κ3) is 1460. The van der Waals surface area contributed by atoms with Crippen molar-refractivity contribution in [1.29, 1.82) is 0 Å². The van der Waals surface area contributed by atoms with Crippen molar-refractivity contribution in [2.75, 3.05) is 0 Å². The van der Waals surface area contributed by atoms with Gasteiger partial charge in [0.05, 0.1) is 0 Å². The molecule has 3 nitrogen and oxygen atoms in total. The van der Waals surface area contributed by atoms with Crippen LogP contribution in [0.25, 0.3) is 0 Å².